The number of nitrogens with one attached hydrogen (secondary N) is 1. The second-order valence-electron chi connectivity index (χ2n) is 5.76. The molecule has 6 nitrogen and oxygen atoms in total. The quantitative estimate of drug-likeness (QED) is 0.404. The van der Waals surface area contributed by atoms with Crippen molar-refractivity contribution in [2.24, 2.45) is 0 Å². The Balaban J connectivity index is 1.97. The van der Waals surface area contributed by atoms with Gasteiger partial charge in [0.05, 0.1) is 21.3 Å². The van der Waals surface area contributed by atoms with Gasteiger partial charge < -0.3 is 9.88 Å². The Labute approximate surface area is 159 Å². The Morgan fingerprint density at radius 3 is 2.62 bits per heavy atom. The lowest BCUT2D eigenvalue weighted by molar-refractivity contribution is -0.112. The van der Waals surface area contributed by atoms with Gasteiger partial charge in [-0.2, -0.15) is 0 Å². The van der Waals surface area contributed by atoms with Gasteiger partial charge in [0, 0.05) is 36.7 Å². The number of amides is 1. The highest BCUT2D eigenvalue weighted by atomic mass is 35.5. The third-order valence-electron chi connectivity index (χ3n) is 3.62. The number of nitrogens with zero attached hydrogens (tertiary/aromatic N) is 3. The van der Waals surface area contributed by atoms with Gasteiger partial charge in [0.15, 0.2) is 0 Å². The standard InChI is InChI=1S/C18H14Cl2N4O2/c1-10(2)8-24-9-12(11-4-3-5-22-17(11)24)16(25)18(26)23-15-13(19)6-21-7-14(15)20/h3-7,9H,1,8H2,2H3,(H,21,23,26). The maximum Gasteiger partial charge on any atom is 0.296 e. The number of anilines is 1. The maximum absolute atomic E-state index is 12.7. The minimum atomic E-state index is -0.849. The Morgan fingerprint density at radius 2 is 1.96 bits per heavy atom. The van der Waals surface area contributed by atoms with Crippen LogP contribution in [0.5, 0.6) is 0 Å². The zero-order chi connectivity index (χ0) is 18.8. The summed E-state index contributed by atoms with van der Waals surface area (Å²) in [5.41, 5.74) is 1.89. The fourth-order valence-electron chi connectivity index (χ4n) is 2.54. The summed E-state index contributed by atoms with van der Waals surface area (Å²) in [4.78, 5) is 33.3. The van der Waals surface area contributed by atoms with Crippen molar-refractivity contribution in [2.75, 3.05) is 5.32 Å². The largest absolute Gasteiger partial charge is 0.328 e. The number of aromatic nitrogens is 3. The molecule has 0 aliphatic carbocycles. The van der Waals surface area contributed by atoms with Crippen LogP contribution in [0.2, 0.25) is 10.0 Å². The number of pyridine rings is 2. The first-order valence-electron chi connectivity index (χ1n) is 7.61. The van der Waals surface area contributed by atoms with Crippen LogP contribution in [-0.4, -0.2) is 26.2 Å². The van der Waals surface area contributed by atoms with Crippen molar-refractivity contribution < 1.29 is 9.59 Å². The van der Waals surface area contributed by atoms with Crippen molar-refractivity contribution in [1.82, 2.24) is 14.5 Å². The Kier molecular flexibility index (Phi) is 5.06. The van der Waals surface area contributed by atoms with E-state index in [2.05, 4.69) is 21.9 Å². The average molecular weight is 389 g/mol. The van der Waals surface area contributed by atoms with Gasteiger partial charge in [-0.15, -0.1) is 0 Å². The van der Waals surface area contributed by atoms with Crippen LogP contribution >= 0.6 is 23.2 Å². The summed E-state index contributed by atoms with van der Waals surface area (Å²) >= 11 is 12.0. The molecular formula is C18H14Cl2N4O2. The molecule has 0 aliphatic rings. The number of hydrogen-bond acceptors (Lipinski definition) is 4. The molecule has 0 atom stereocenters. The summed E-state index contributed by atoms with van der Waals surface area (Å²) in [7, 11) is 0. The molecule has 0 spiro atoms. The van der Waals surface area contributed by atoms with Crippen LogP contribution in [0.25, 0.3) is 11.0 Å². The van der Waals surface area contributed by atoms with E-state index >= 15 is 0 Å². The zero-order valence-electron chi connectivity index (χ0n) is 13.8. The maximum atomic E-state index is 12.7. The van der Waals surface area contributed by atoms with E-state index in [1.807, 2.05) is 6.92 Å². The number of Topliss-reactive ketones (excluding diaryl/α,β-unsaturated/α-hetero) is 1. The van der Waals surface area contributed by atoms with E-state index in [-0.39, 0.29) is 21.3 Å². The number of fused-ring (bicyclic) bond motifs is 1. The molecule has 132 valence electrons. The molecule has 3 aromatic heterocycles. The molecule has 0 saturated carbocycles. The first-order chi connectivity index (χ1) is 12.4. The van der Waals surface area contributed by atoms with Crippen LogP contribution in [0.15, 0.2) is 49.1 Å². The van der Waals surface area contributed by atoms with Gasteiger partial charge >= 0.3 is 0 Å². The van der Waals surface area contributed by atoms with E-state index in [4.69, 9.17) is 23.2 Å². The number of carbonyl (C=O) groups is 2. The SMILES string of the molecule is C=C(C)Cn1cc(C(=O)C(=O)Nc2c(Cl)cncc2Cl)c2cccnc21. The Morgan fingerprint density at radius 1 is 1.27 bits per heavy atom. The molecule has 3 rings (SSSR count). The third kappa shape index (κ3) is 3.47. The van der Waals surface area contributed by atoms with Crippen molar-refractivity contribution >= 4 is 51.6 Å². The van der Waals surface area contributed by atoms with Gasteiger partial charge in [0.2, 0.25) is 0 Å². The molecule has 0 aromatic carbocycles. The summed E-state index contributed by atoms with van der Waals surface area (Å²) in [5, 5.41) is 3.32. The molecule has 0 bridgehead atoms. The second-order valence-corrected chi connectivity index (χ2v) is 6.58. The van der Waals surface area contributed by atoms with Crippen LogP contribution in [0.3, 0.4) is 0 Å². The summed E-state index contributed by atoms with van der Waals surface area (Å²) in [6.45, 7) is 6.24. The highest BCUT2D eigenvalue weighted by Crippen LogP contribution is 2.29. The first kappa shape index (κ1) is 18.1. The van der Waals surface area contributed by atoms with Crippen molar-refractivity contribution in [3.63, 3.8) is 0 Å². The lowest BCUT2D eigenvalue weighted by Gasteiger charge is -2.07. The summed E-state index contributed by atoms with van der Waals surface area (Å²) in [5.74, 6) is -1.56. The highest BCUT2D eigenvalue weighted by molar-refractivity contribution is 6.50. The normalized spacial score (nSPS) is 10.7. The molecule has 1 N–H and O–H groups in total. The molecule has 3 aromatic rings. The van der Waals surface area contributed by atoms with Gasteiger partial charge in [-0.1, -0.05) is 35.4 Å². The summed E-state index contributed by atoms with van der Waals surface area (Å²) in [6.07, 6.45) is 5.89. The molecule has 0 aliphatic heterocycles. The lowest BCUT2D eigenvalue weighted by Crippen LogP contribution is -2.23. The van der Waals surface area contributed by atoms with Crippen molar-refractivity contribution in [3.8, 4) is 0 Å². The summed E-state index contributed by atoms with van der Waals surface area (Å²) < 4.78 is 1.78. The molecule has 0 saturated heterocycles. The number of carbonyl (C=O) groups excluding carboxylic acids is 2. The first-order valence-corrected chi connectivity index (χ1v) is 8.37. The molecule has 26 heavy (non-hydrogen) atoms. The molecule has 3 heterocycles. The number of allylic oxidation sites excluding steroid dienone is 1. The summed E-state index contributed by atoms with van der Waals surface area (Å²) in [6, 6.07) is 3.45. The molecule has 0 radical (unpaired) electrons. The van der Waals surface area contributed by atoms with Gasteiger partial charge in [-0.05, 0) is 19.1 Å². The molecular weight excluding hydrogens is 375 g/mol. The van der Waals surface area contributed by atoms with E-state index in [1.165, 1.54) is 12.4 Å². The molecule has 0 fully saturated rings. The van der Waals surface area contributed by atoms with Gasteiger partial charge in [-0.25, -0.2) is 4.98 Å². The number of rotatable bonds is 5. The minimum Gasteiger partial charge on any atom is -0.328 e. The molecule has 0 unspecified atom stereocenters. The van der Waals surface area contributed by atoms with E-state index in [0.717, 1.165) is 5.57 Å². The molecule has 8 heteroatoms. The number of halogens is 2. The van der Waals surface area contributed by atoms with Crippen LogP contribution in [0.1, 0.15) is 17.3 Å². The Bertz CT molecular complexity index is 1020. The van der Waals surface area contributed by atoms with Gasteiger partial charge in [0.25, 0.3) is 11.7 Å². The van der Waals surface area contributed by atoms with Crippen molar-refractivity contribution in [3.05, 3.63) is 64.7 Å². The average Bonchev–Trinajstić information content (AvgIpc) is 2.95. The van der Waals surface area contributed by atoms with Gasteiger partial charge in [0.1, 0.15) is 5.65 Å². The fourth-order valence-corrected chi connectivity index (χ4v) is 3.00. The van der Waals surface area contributed by atoms with Crippen LogP contribution in [0.4, 0.5) is 5.69 Å². The predicted octanol–water partition coefficient (Wildman–Crippen LogP) is 4.14. The van der Waals surface area contributed by atoms with Crippen molar-refractivity contribution in [2.45, 2.75) is 13.5 Å². The van der Waals surface area contributed by atoms with E-state index < -0.39 is 11.7 Å². The topological polar surface area (TPSA) is 76.9 Å². The monoisotopic (exact) mass is 388 g/mol. The van der Waals surface area contributed by atoms with Crippen LogP contribution in [-0.2, 0) is 11.3 Å². The van der Waals surface area contributed by atoms with Crippen molar-refractivity contribution in [1.29, 1.82) is 0 Å². The van der Waals surface area contributed by atoms with E-state index in [9.17, 15) is 9.59 Å². The van der Waals surface area contributed by atoms with E-state index in [0.29, 0.717) is 17.6 Å². The third-order valence-corrected chi connectivity index (χ3v) is 4.19. The zero-order valence-corrected chi connectivity index (χ0v) is 15.3. The minimum absolute atomic E-state index is 0.144. The second kappa shape index (κ2) is 7.27. The van der Waals surface area contributed by atoms with Crippen LogP contribution in [0, 0.1) is 0 Å². The highest BCUT2D eigenvalue weighted by Gasteiger charge is 2.23. The van der Waals surface area contributed by atoms with Gasteiger partial charge in [-0.3, -0.25) is 14.6 Å². The van der Waals surface area contributed by atoms with E-state index in [1.54, 1.807) is 29.1 Å². The number of hydrogen-bond donors (Lipinski definition) is 1. The predicted molar refractivity (Wildman–Crippen MR) is 102 cm³/mol. The smallest absolute Gasteiger partial charge is 0.296 e. The Hall–Kier alpha value is -2.70. The molecule has 1 amide bonds. The lowest BCUT2D eigenvalue weighted by atomic mass is 10.1. The van der Waals surface area contributed by atoms with Crippen LogP contribution < -0.4 is 5.32 Å². The fraction of sp³-hybridized carbons (Fsp3) is 0.111. The number of ketones is 1.